The molecular weight excluding hydrogens is 443 g/mol. The summed E-state index contributed by atoms with van der Waals surface area (Å²) in [6.07, 6.45) is 3.20. The fourth-order valence-corrected chi connectivity index (χ4v) is 4.98. The lowest BCUT2D eigenvalue weighted by atomic mass is 9.74. The van der Waals surface area contributed by atoms with Crippen LogP contribution in [0.2, 0.25) is 0 Å². The highest BCUT2D eigenvalue weighted by molar-refractivity contribution is 7.94. The van der Waals surface area contributed by atoms with E-state index in [2.05, 4.69) is 0 Å². The number of hydrogen-bond donors (Lipinski definition) is 0. The molecule has 1 aromatic carbocycles. The van der Waals surface area contributed by atoms with Crippen LogP contribution < -0.4 is 5.56 Å². The second kappa shape index (κ2) is 7.50. The van der Waals surface area contributed by atoms with E-state index in [1.807, 2.05) is 0 Å². The number of benzene rings is 1. The third-order valence-electron chi connectivity index (χ3n) is 6.24. The second-order valence-corrected chi connectivity index (χ2v) is 11.0. The average Bonchev–Trinajstić information content (AvgIpc) is 3.52. The Labute approximate surface area is 184 Å². The third-order valence-corrected chi connectivity index (χ3v) is 7.48. The number of hydrogen-bond acceptors (Lipinski definition) is 4. The fourth-order valence-electron chi connectivity index (χ4n) is 4.11. The zero-order chi connectivity index (χ0) is 23.5. The van der Waals surface area contributed by atoms with E-state index < -0.39 is 32.6 Å². The molecule has 0 bridgehead atoms. The topological polar surface area (TPSA) is 65.4 Å². The van der Waals surface area contributed by atoms with Crippen molar-refractivity contribution in [3.63, 3.8) is 0 Å². The first-order chi connectivity index (χ1) is 14.8. The Bertz CT molecular complexity index is 1320. The molecule has 1 unspecified atom stereocenters. The van der Waals surface area contributed by atoms with Crippen molar-refractivity contribution < 1.29 is 26.3 Å². The van der Waals surface area contributed by atoms with Gasteiger partial charge in [-0.2, -0.15) is 13.2 Å². The molecule has 1 heterocycles. The molecule has 2 aliphatic carbocycles. The summed E-state index contributed by atoms with van der Waals surface area (Å²) >= 11 is 0. The van der Waals surface area contributed by atoms with Crippen molar-refractivity contribution in [2.75, 3.05) is 12.9 Å². The van der Waals surface area contributed by atoms with Crippen LogP contribution in [-0.2, 0) is 33.2 Å². The number of nitrogens with zero attached hydrogens (tertiary/aromatic N) is 1. The molecule has 4 rings (SSSR count). The maximum atomic E-state index is 13.5. The first-order valence-electron chi connectivity index (χ1n) is 10.3. The largest absolute Gasteiger partial charge is 0.497 e. The number of fused-ring (bicyclic) bond motifs is 1. The van der Waals surface area contributed by atoms with Gasteiger partial charge in [0.05, 0.1) is 17.6 Å². The van der Waals surface area contributed by atoms with Crippen molar-refractivity contribution in [3.8, 4) is 0 Å². The SMILES string of the molecule is Cn1cc(C2(C)CC(S(C)(=O)=O)=CC=C2OCC2CC2)c2cc(C(F)(F)F)ccc2c1=O. The maximum absolute atomic E-state index is 13.5. The van der Waals surface area contributed by atoms with Gasteiger partial charge in [-0.05, 0) is 73.4 Å². The minimum absolute atomic E-state index is 0.0197. The molecule has 5 nitrogen and oxygen atoms in total. The molecule has 0 aliphatic heterocycles. The van der Waals surface area contributed by atoms with Crippen molar-refractivity contribution >= 4 is 20.6 Å². The third kappa shape index (κ3) is 4.10. The summed E-state index contributed by atoms with van der Waals surface area (Å²) in [4.78, 5) is 12.8. The van der Waals surface area contributed by atoms with Gasteiger partial charge < -0.3 is 9.30 Å². The number of halogens is 3. The Morgan fingerprint density at radius 1 is 1.19 bits per heavy atom. The quantitative estimate of drug-likeness (QED) is 0.652. The first kappa shape index (κ1) is 22.6. The van der Waals surface area contributed by atoms with E-state index in [9.17, 15) is 26.4 Å². The fraction of sp³-hybridized carbons (Fsp3) is 0.435. The van der Waals surface area contributed by atoms with E-state index in [1.165, 1.54) is 30.0 Å². The van der Waals surface area contributed by atoms with E-state index in [4.69, 9.17) is 4.74 Å². The van der Waals surface area contributed by atoms with Crippen molar-refractivity contribution in [1.29, 1.82) is 0 Å². The molecule has 0 saturated heterocycles. The molecule has 0 spiro atoms. The number of alkyl halides is 3. The highest BCUT2D eigenvalue weighted by Gasteiger charge is 2.41. The van der Waals surface area contributed by atoms with Crippen LogP contribution in [0.25, 0.3) is 10.8 Å². The maximum Gasteiger partial charge on any atom is 0.416 e. The van der Waals surface area contributed by atoms with E-state index in [0.29, 0.717) is 23.8 Å². The Morgan fingerprint density at radius 3 is 2.47 bits per heavy atom. The average molecular weight is 468 g/mol. The summed E-state index contributed by atoms with van der Waals surface area (Å²) < 4.78 is 72.4. The number of aromatic nitrogens is 1. The van der Waals surface area contributed by atoms with Gasteiger partial charge in [-0.1, -0.05) is 0 Å². The number of ether oxygens (including phenoxy) is 1. The van der Waals surface area contributed by atoms with Gasteiger partial charge in [0.25, 0.3) is 5.56 Å². The minimum atomic E-state index is -4.58. The normalized spacial score (nSPS) is 21.9. The molecule has 1 aromatic heterocycles. The Balaban J connectivity index is 1.96. The molecule has 172 valence electrons. The van der Waals surface area contributed by atoms with Crippen LogP contribution in [0.15, 0.2) is 52.0 Å². The molecule has 0 radical (unpaired) electrons. The predicted octanol–water partition coefficient (Wildman–Crippen LogP) is 4.46. The smallest absolute Gasteiger partial charge is 0.416 e. The molecule has 0 N–H and O–H groups in total. The molecular formula is C23H24F3NO4S. The van der Waals surface area contributed by atoms with Crippen LogP contribution in [0, 0.1) is 5.92 Å². The van der Waals surface area contributed by atoms with Gasteiger partial charge in [-0.15, -0.1) is 0 Å². The molecule has 1 fully saturated rings. The van der Waals surface area contributed by atoms with Crippen LogP contribution in [0.4, 0.5) is 13.2 Å². The predicted molar refractivity (Wildman–Crippen MR) is 116 cm³/mol. The van der Waals surface area contributed by atoms with E-state index in [-0.39, 0.29) is 22.1 Å². The van der Waals surface area contributed by atoms with Crippen LogP contribution in [0.3, 0.4) is 0 Å². The standard InChI is InChI=1S/C23H24F3NO4S/c1-22(11-16(32(3,29)30)7-9-20(22)31-13-14-4-5-14)19-12-27(2)21(28)17-8-6-15(10-18(17)19)23(24,25)26/h6-10,12,14H,4-5,11,13H2,1-3H3. The minimum Gasteiger partial charge on any atom is -0.497 e. The Hall–Kier alpha value is -2.55. The number of aryl methyl sites for hydroxylation is 1. The summed E-state index contributed by atoms with van der Waals surface area (Å²) in [7, 11) is -2.01. The van der Waals surface area contributed by atoms with Crippen LogP contribution >= 0.6 is 0 Å². The van der Waals surface area contributed by atoms with Crippen molar-refractivity contribution in [2.45, 2.75) is 37.8 Å². The molecule has 2 aliphatic rings. The van der Waals surface area contributed by atoms with Crippen molar-refractivity contribution in [1.82, 2.24) is 4.57 Å². The number of pyridine rings is 1. The molecule has 2 aromatic rings. The summed E-state index contributed by atoms with van der Waals surface area (Å²) in [6.45, 7) is 2.21. The van der Waals surface area contributed by atoms with Crippen LogP contribution in [-0.4, -0.2) is 25.8 Å². The van der Waals surface area contributed by atoms with Gasteiger partial charge in [0.1, 0.15) is 5.76 Å². The van der Waals surface area contributed by atoms with Gasteiger partial charge >= 0.3 is 6.18 Å². The highest BCUT2D eigenvalue weighted by Crippen LogP contribution is 2.46. The summed E-state index contributed by atoms with van der Waals surface area (Å²) in [6, 6.07) is 3.03. The zero-order valence-electron chi connectivity index (χ0n) is 18.0. The van der Waals surface area contributed by atoms with Gasteiger partial charge in [-0.3, -0.25) is 4.79 Å². The second-order valence-electron chi connectivity index (χ2n) is 8.92. The van der Waals surface area contributed by atoms with E-state index in [1.54, 1.807) is 13.0 Å². The van der Waals surface area contributed by atoms with Gasteiger partial charge in [0.2, 0.25) is 0 Å². The van der Waals surface area contributed by atoms with Crippen LogP contribution in [0.5, 0.6) is 0 Å². The van der Waals surface area contributed by atoms with Gasteiger partial charge in [-0.25, -0.2) is 8.42 Å². The lowest BCUT2D eigenvalue weighted by Crippen LogP contribution is -2.33. The number of sulfone groups is 1. The summed E-state index contributed by atoms with van der Waals surface area (Å²) in [5.74, 6) is 0.906. The first-order valence-corrected chi connectivity index (χ1v) is 12.1. The van der Waals surface area contributed by atoms with Crippen LogP contribution in [0.1, 0.15) is 37.3 Å². The lowest BCUT2D eigenvalue weighted by molar-refractivity contribution is -0.137. The Kier molecular flexibility index (Phi) is 5.31. The van der Waals surface area contributed by atoms with Gasteiger partial charge in [0, 0.05) is 29.8 Å². The molecule has 32 heavy (non-hydrogen) atoms. The molecule has 9 heteroatoms. The lowest BCUT2D eigenvalue weighted by Gasteiger charge is -2.36. The highest BCUT2D eigenvalue weighted by atomic mass is 32.2. The van der Waals surface area contributed by atoms with Crippen molar-refractivity contribution in [2.24, 2.45) is 13.0 Å². The number of rotatable bonds is 5. The van der Waals surface area contributed by atoms with E-state index >= 15 is 0 Å². The van der Waals surface area contributed by atoms with Crippen molar-refractivity contribution in [3.05, 3.63) is 68.7 Å². The van der Waals surface area contributed by atoms with E-state index in [0.717, 1.165) is 31.2 Å². The number of allylic oxidation sites excluding steroid dienone is 4. The summed E-state index contributed by atoms with van der Waals surface area (Å²) in [5.41, 5.74) is -1.96. The Morgan fingerprint density at radius 2 is 1.88 bits per heavy atom. The molecule has 1 atom stereocenters. The molecule has 0 amide bonds. The monoisotopic (exact) mass is 467 g/mol. The summed E-state index contributed by atoms with van der Waals surface area (Å²) in [5, 5.41) is 0.275. The van der Waals surface area contributed by atoms with Gasteiger partial charge in [0.15, 0.2) is 9.84 Å². The zero-order valence-corrected chi connectivity index (χ0v) is 18.8. The molecule has 1 saturated carbocycles.